The molecule has 2 aromatic rings. The van der Waals surface area contributed by atoms with Gasteiger partial charge >= 0.3 is 6.03 Å². The number of carbonyl (C=O) groups is 1. The lowest BCUT2D eigenvalue weighted by molar-refractivity contribution is -0.00000768. The molecule has 0 saturated heterocycles. The second kappa shape index (κ2) is 8.95. The summed E-state index contributed by atoms with van der Waals surface area (Å²) < 4.78 is 0. The molecule has 0 saturated carbocycles. The fourth-order valence-corrected chi connectivity index (χ4v) is 2.21. The van der Waals surface area contributed by atoms with E-state index in [1.54, 1.807) is 6.20 Å². The van der Waals surface area contributed by atoms with E-state index < -0.39 is 0 Å². The number of benzene rings is 1. The van der Waals surface area contributed by atoms with Gasteiger partial charge in [-0.3, -0.25) is 10.3 Å². The highest BCUT2D eigenvalue weighted by molar-refractivity contribution is 5.99. The number of anilines is 3. The van der Waals surface area contributed by atoms with Crippen LogP contribution in [0.1, 0.15) is 19.4 Å². The molecular formula is C16H21ClN5O-. The minimum atomic E-state index is -0.334. The molecule has 1 aromatic carbocycles. The summed E-state index contributed by atoms with van der Waals surface area (Å²) >= 11 is 0. The zero-order chi connectivity index (χ0) is 15.9. The number of urea groups is 1. The SMILES string of the molecule is CCN(CC)c1ccc(NC(=O)Nc2cnccn2)c(C)c1.[Cl-]. The molecule has 0 aliphatic rings. The summed E-state index contributed by atoms with van der Waals surface area (Å²) in [4.78, 5) is 22.1. The molecule has 2 rings (SSSR count). The second-order valence-electron chi connectivity index (χ2n) is 4.84. The van der Waals surface area contributed by atoms with Gasteiger partial charge in [0, 0.05) is 36.9 Å². The molecule has 124 valence electrons. The number of rotatable bonds is 5. The number of hydrogen-bond donors (Lipinski definition) is 2. The number of nitrogens with zero attached hydrogens (tertiary/aromatic N) is 3. The van der Waals surface area contributed by atoms with Crippen LogP contribution in [-0.4, -0.2) is 29.1 Å². The van der Waals surface area contributed by atoms with Gasteiger partial charge in [-0.25, -0.2) is 9.78 Å². The first kappa shape index (κ1) is 18.7. The molecule has 1 aromatic heterocycles. The zero-order valence-corrected chi connectivity index (χ0v) is 14.3. The highest BCUT2D eigenvalue weighted by Gasteiger charge is 2.08. The lowest BCUT2D eigenvalue weighted by atomic mass is 10.1. The average molecular weight is 335 g/mol. The molecule has 0 bridgehead atoms. The van der Waals surface area contributed by atoms with Crippen molar-refractivity contribution in [3.8, 4) is 0 Å². The van der Waals surface area contributed by atoms with Crippen LogP contribution in [0.3, 0.4) is 0 Å². The lowest BCUT2D eigenvalue weighted by Gasteiger charge is -2.22. The van der Waals surface area contributed by atoms with Gasteiger partial charge in [-0.05, 0) is 44.5 Å². The predicted octanol–water partition coefficient (Wildman–Crippen LogP) is 0.279. The highest BCUT2D eigenvalue weighted by Crippen LogP contribution is 2.22. The summed E-state index contributed by atoms with van der Waals surface area (Å²) in [5.74, 6) is 0.414. The van der Waals surface area contributed by atoms with Crippen LogP contribution in [0.4, 0.5) is 22.0 Å². The first-order valence-electron chi connectivity index (χ1n) is 7.33. The van der Waals surface area contributed by atoms with Crippen molar-refractivity contribution >= 4 is 23.2 Å². The fraction of sp³-hybridized carbons (Fsp3) is 0.312. The number of hydrogen-bond acceptors (Lipinski definition) is 4. The summed E-state index contributed by atoms with van der Waals surface area (Å²) in [6.45, 7) is 8.13. The van der Waals surface area contributed by atoms with Crippen molar-refractivity contribution in [3.63, 3.8) is 0 Å². The second-order valence-corrected chi connectivity index (χ2v) is 4.84. The van der Waals surface area contributed by atoms with E-state index in [9.17, 15) is 4.79 Å². The number of aromatic nitrogens is 2. The molecule has 0 unspecified atom stereocenters. The van der Waals surface area contributed by atoms with Crippen molar-refractivity contribution in [1.29, 1.82) is 0 Å². The van der Waals surface area contributed by atoms with Crippen LogP contribution in [0.25, 0.3) is 0 Å². The Hall–Kier alpha value is -2.34. The van der Waals surface area contributed by atoms with Gasteiger partial charge in [-0.15, -0.1) is 0 Å². The van der Waals surface area contributed by atoms with Crippen LogP contribution in [0.5, 0.6) is 0 Å². The van der Waals surface area contributed by atoms with E-state index in [4.69, 9.17) is 0 Å². The molecule has 0 radical (unpaired) electrons. The first-order valence-corrected chi connectivity index (χ1v) is 7.33. The maximum Gasteiger partial charge on any atom is 0.324 e. The number of amides is 2. The van der Waals surface area contributed by atoms with Crippen LogP contribution in [0.15, 0.2) is 36.8 Å². The quantitative estimate of drug-likeness (QED) is 0.824. The van der Waals surface area contributed by atoms with Crippen LogP contribution in [-0.2, 0) is 0 Å². The minimum absolute atomic E-state index is 0. The van der Waals surface area contributed by atoms with E-state index in [2.05, 4.69) is 45.4 Å². The van der Waals surface area contributed by atoms with Crippen molar-refractivity contribution in [1.82, 2.24) is 9.97 Å². The van der Waals surface area contributed by atoms with Gasteiger partial charge < -0.3 is 22.6 Å². The average Bonchev–Trinajstić information content (AvgIpc) is 2.52. The Kier molecular flexibility index (Phi) is 7.28. The largest absolute Gasteiger partial charge is 1.00 e. The van der Waals surface area contributed by atoms with Crippen molar-refractivity contribution in [3.05, 3.63) is 42.4 Å². The molecule has 0 spiro atoms. The molecule has 7 heteroatoms. The smallest absolute Gasteiger partial charge is 0.324 e. The van der Waals surface area contributed by atoms with Gasteiger partial charge in [0.25, 0.3) is 0 Å². The topological polar surface area (TPSA) is 70.2 Å². The maximum absolute atomic E-state index is 12.0. The van der Waals surface area contributed by atoms with Crippen molar-refractivity contribution in [2.45, 2.75) is 20.8 Å². The van der Waals surface area contributed by atoms with Gasteiger partial charge in [0.05, 0.1) is 6.20 Å². The van der Waals surface area contributed by atoms with Crippen LogP contribution < -0.4 is 27.9 Å². The Morgan fingerprint density at radius 2 is 1.91 bits per heavy atom. The molecule has 2 amide bonds. The van der Waals surface area contributed by atoms with E-state index in [1.807, 2.05) is 19.1 Å². The first-order chi connectivity index (χ1) is 10.6. The van der Waals surface area contributed by atoms with Gasteiger partial charge in [0.1, 0.15) is 0 Å². The lowest BCUT2D eigenvalue weighted by Crippen LogP contribution is -3.00. The molecule has 6 nitrogen and oxygen atoms in total. The highest BCUT2D eigenvalue weighted by atomic mass is 35.5. The van der Waals surface area contributed by atoms with E-state index in [0.717, 1.165) is 30.0 Å². The third-order valence-corrected chi connectivity index (χ3v) is 3.39. The molecule has 0 atom stereocenters. The maximum atomic E-state index is 12.0. The summed E-state index contributed by atoms with van der Waals surface area (Å²) in [7, 11) is 0. The Labute approximate surface area is 142 Å². The van der Waals surface area contributed by atoms with Gasteiger partial charge in [0.15, 0.2) is 5.82 Å². The van der Waals surface area contributed by atoms with Crippen molar-refractivity contribution < 1.29 is 17.2 Å². The van der Waals surface area contributed by atoms with E-state index >= 15 is 0 Å². The number of aryl methyl sites for hydroxylation is 1. The molecular weight excluding hydrogens is 314 g/mol. The fourth-order valence-electron chi connectivity index (χ4n) is 2.21. The Morgan fingerprint density at radius 1 is 1.17 bits per heavy atom. The Morgan fingerprint density at radius 3 is 2.48 bits per heavy atom. The molecule has 23 heavy (non-hydrogen) atoms. The van der Waals surface area contributed by atoms with Crippen LogP contribution >= 0.6 is 0 Å². The zero-order valence-electron chi connectivity index (χ0n) is 13.5. The van der Waals surface area contributed by atoms with Gasteiger partial charge in [-0.1, -0.05) is 0 Å². The summed E-state index contributed by atoms with van der Waals surface area (Å²) in [6, 6.07) is 5.67. The molecule has 2 N–H and O–H groups in total. The summed E-state index contributed by atoms with van der Waals surface area (Å²) in [6.07, 6.45) is 4.58. The molecule has 1 heterocycles. The Balaban J connectivity index is 0.00000264. The van der Waals surface area contributed by atoms with Crippen molar-refractivity contribution in [2.24, 2.45) is 0 Å². The van der Waals surface area contributed by atoms with Crippen molar-refractivity contribution in [2.75, 3.05) is 28.6 Å². The summed E-state index contributed by atoms with van der Waals surface area (Å²) in [5.41, 5.74) is 2.94. The standard InChI is InChI=1S/C16H21N5O.ClH/c1-4-21(5-2)13-6-7-14(12(3)10-13)19-16(22)20-15-11-17-8-9-18-15;/h6-11H,4-5H2,1-3H3,(H2,18,19,20,22);1H/p-1. The van der Waals surface area contributed by atoms with Crippen LogP contribution in [0, 0.1) is 6.92 Å². The normalized spacial score (nSPS) is 9.70. The number of carbonyl (C=O) groups excluding carboxylic acids is 1. The Bertz CT molecular complexity index is 632. The molecule has 0 fully saturated rings. The monoisotopic (exact) mass is 334 g/mol. The predicted molar refractivity (Wildman–Crippen MR) is 89.4 cm³/mol. The molecule has 0 aliphatic heterocycles. The van der Waals surface area contributed by atoms with E-state index in [-0.39, 0.29) is 18.4 Å². The third kappa shape index (κ3) is 5.10. The summed E-state index contributed by atoms with van der Waals surface area (Å²) in [5, 5.41) is 5.47. The van der Waals surface area contributed by atoms with E-state index in [1.165, 1.54) is 12.4 Å². The van der Waals surface area contributed by atoms with Gasteiger partial charge in [-0.2, -0.15) is 0 Å². The van der Waals surface area contributed by atoms with Gasteiger partial charge in [0.2, 0.25) is 0 Å². The van der Waals surface area contributed by atoms with E-state index in [0.29, 0.717) is 5.82 Å². The number of halogens is 1. The third-order valence-electron chi connectivity index (χ3n) is 3.39. The van der Waals surface area contributed by atoms with Crippen LogP contribution in [0.2, 0.25) is 0 Å². The number of nitrogens with one attached hydrogen (secondary N) is 2. The minimum Gasteiger partial charge on any atom is -1.00 e. The molecule has 0 aliphatic carbocycles.